The van der Waals surface area contributed by atoms with Crippen molar-refractivity contribution in [2.75, 3.05) is 26.2 Å². The molecule has 0 aromatic heterocycles. The topological polar surface area (TPSA) is 88.7 Å². The molecule has 2 aliphatic rings. The summed E-state index contributed by atoms with van der Waals surface area (Å²) in [5.74, 6) is -2.14. The van der Waals surface area contributed by atoms with E-state index in [9.17, 15) is 4.79 Å². The lowest BCUT2D eigenvalue weighted by Crippen LogP contribution is -2.72. The van der Waals surface area contributed by atoms with E-state index in [-0.39, 0.29) is 0 Å². The molecule has 0 spiro atoms. The highest BCUT2D eigenvalue weighted by Gasteiger charge is 2.48. The van der Waals surface area contributed by atoms with Crippen LogP contribution in [0.4, 0.5) is 0 Å². The molecule has 5 N–H and O–H groups in total. The van der Waals surface area contributed by atoms with E-state index in [1.165, 1.54) is 5.12 Å². The molecule has 7 heteroatoms. The van der Waals surface area contributed by atoms with E-state index >= 15 is 0 Å². The Hall–Kier alpha value is -0.730. The highest BCUT2D eigenvalue weighted by atomic mass is 16.4. The van der Waals surface area contributed by atoms with Crippen molar-refractivity contribution in [2.24, 2.45) is 0 Å². The minimum atomic E-state index is -1.20. The van der Waals surface area contributed by atoms with Gasteiger partial charge in [0.15, 0.2) is 0 Å². The SMILES string of the molecule is O=C(O)C1(N2NCCN2)NCCN1. The van der Waals surface area contributed by atoms with Crippen molar-refractivity contribution in [3.63, 3.8) is 0 Å². The third-order valence-electron chi connectivity index (χ3n) is 2.20. The lowest BCUT2D eigenvalue weighted by Gasteiger charge is -2.33. The van der Waals surface area contributed by atoms with E-state index in [2.05, 4.69) is 21.5 Å². The highest BCUT2D eigenvalue weighted by molar-refractivity contribution is 5.78. The van der Waals surface area contributed by atoms with Crippen LogP contribution in [0.5, 0.6) is 0 Å². The summed E-state index contributed by atoms with van der Waals surface area (Å²) < 4.78 is 0. The first kappa shape index (κ1) is 8.85. The Balaban J connectivity index is 2.16. The van der Waals surface area contributed by atoms with Gasteiger partial charge in [0, 0.05) is 26.2 Å². The molecule has 2 saturated heterocycles. The second-order valence-corrected chi connectivity index (χ2v) is 3.02. The summed E-state index contributed by atoms with van der Waals surface area (Å²) in [4.78, 5) is 11.1. The molecular formula is C6H13N5O2. The van der Waals surface area contributed by atoms with Crippen molar-refractivity contribution >= 4 is 5.97 Å². The van der Waals surface area contributed by atoms with Gasteiger partial charge < -0.3 is 5.11 Å². The number of hydrogen-bond acceptors (Lipinski definition) is 6. The van der Waals surface area contributed by atoms with Gasteiger partial charge >= 0.3 is 5.97 Å². The maximum absolute atomic E-state index is 11.1. The Labute approximate surface area is 75.4 Å². The minimum Gasteiger partial charge on any atom is -0.478 e. The summed E-state index contributed by atoms with van der Waals surface area (Å²) in [6.07, 6.45) is 0. The number of aliphatic carboxylic acids is 1. The number of rotatable bonds is 2. The number of carboxylic acids is 1. The van der Waals surface area contributed by atoms with Crippen LogP contribution in [0.25, 0.3) is 0 Å². The van der Waals surface area contributed by atoms with Crippen molar-refractivity contribution in [1.29, 1.82) is 0 Å². The predicted molar refractivity (Wildman–Crippen MR) is 44.2 cm³/mol. The van der Waals surface area contributed by atoms with Gasteiger partial charge in [-0.3, -0.25) is 10.6 Å². The fourth-order valence-corrected chi connectivity index (χ4v) is 1.58. The number of carbonyl (C=O) groups is 1. The molecule has 0 radical (unpaired) electrons. The van der Waals surface area contributed by atoms with Crippen LogP contribution in [0.15, 0.2) is 0 Å². The number of carboxylic acid groups (broad SMARTS) is 1. The summed E-state index contributed by atoms with van der Waals surface area (Å²) >= 11 is 0. The van der Waals surface area contributed by atoms with E-state index in [4.69, 9.17) is 5.11 Å². The molecule has 0 aliphatic carbocycles. The average molecular weight is 187 g/mol. The fraction of sp³-hybridized carbons (Fsp3) is 0.833. The van der Waals surface area contributed by atoms with Crippen LogP contribution in [0.2, 0.25) is 0 Å². The lowest BCUT2D eigenvalue weighted by atomic mass is 10.4. The second kappa shape index (κ2) is 3.20. The van der Waals surface area contributed by atoms with Crippen LogP contribution in [0.3, 0.4) is 0 Å². The molecule has 0 aromatic rings. The van der Waals surface area contributed by atoms with Crippen molar-refractivity contribution in [3.05, 3.63) is 0 Å². The van der Waals surface area contributed by atoms with Crippen molar-refractivity contribution in [2.45, 2.75) is 5.79 Å². The zero-order chi connectivity index (χ0) is 9.31. The van der Waals surface area contributed by atoms with Crippen LogP contribution >= 0.6 is 0 Å². The Morgan fingerprint density at radius 2 is 1.69 bits per heavy atom. The molecule has 0 atom stereocenters. The average Bonchev–Trinajstić information content (AvgIpc) is 2.75. The van der Waals surface area contributed by atoms with Crippen molar-refractivity contribution in [1.82, 2.24) is 26.6 Å². The van der Waals surface area contributed by atoms with Gasteiger partial charge in [-0.1, -0.05) is 0 Å². The van der Waals surface area contributed by atoms with Crippen LogP contribution in [0.1, 0.15) is 0 Å². The molecule has 2 aliphatic heterocycles. The van der Waals surface area contributed by atoms with E-state index < -0.39 is 11.8 Å². The fourth-order valence-electron chi connectivity index (χ4n) is 1.58. The van der Waals surface area contributed by atoms with Crippen molar-refractivity contribution in [3.8, 4) is 0 Å². The Bertz CT molecular complexity index is 209. The third kappa shape index (κ3) is 1.30. The molecule has 2 rings (SSSR count). The normalized spacial score (nSPS) is 28.0. The molecule has 2 heterocycles. The summed E-state index contributed by atoms with van der Waals surface area (Å²) in [5.41, 5.74) is 5.87. The molecular weight excluding hydrogens is 174 g/mol. The van der Waals surface area contributed by atoms with Crippen LogP contribution in [-0.2, 0) is 4.79 Å². The summed E-state index contributed by atoms with van der Waals surface area (Å²) in [5, 5.41) is 16.4. The Kier molecular flexibility index (Phi) is 2.18. The van der Waals surface area contributed by atoms with Crippen LogP contribution in [0, 0.1) is 0 Å². The number of hydrogen-bond donors (Lipinski definition) is 5. The second-order valence-electron chi connectivity index (χ2n) is 3.02. The van der Waals surface area contributed by atoms with Gasteiger partial charge in [0.25, 0.3) is 5.79 Å². The largest absolute Gasteiger partial charge is 0.478 e. The molecule has 0 bridgehead atoms. The lowest BCUT2D eigenvalue weighted by molar-refractivity contribution is -0.160. The monoisotopic (exact) mass is 187 g/mol. The molecule has 7 nitrogen and oxygen atoms in total. The molecule has 0 aromatic carbocycles. The first-order valence-corrected chi connectivity index (χ1v) is 4.26. The molecule has 0 unspecified atom stereocenters. The van der Waals surface area contributed by atoms with Gasteiger partial charge in [-0.25, -0.2) is 15.6 Å². The van der Waals surface area contributed by atoms with Crippen LogP contribution < -0.4 is 21.5 Å². The smallest absolute Gasteiger partial charge is 0.357 e. The molecule has 74 valence electrons. The highest BCUT2D eigenvalue weighted by Crippen LogP contribution is 2.09. The third-order valence-corrected chi connectivity index (χ3v) is 2.20. The van der Waals surface area contributed by atoms with Crippen LogP contribution in [-0.4, -0.2) is 48.2 Å². The van der Waals surface area contributed by atoms with Crippen molar-refractivity contribution < 1.29 is 9.90 Å². The molecule has 2 fully saturated rings. The summed E-state index contributed by atoms with van der Waals surface area (Å²) in [7, 11) is 0. The molecule has 0 saturated carbocycles. The first-order chi connectivity index (χ1) is 6.26. The van der Waals surface area contributed by atoms with Gasteiger partial charge in [0.05, 0.1) is 0 Å². The van der Waals surface area contributed by atoms with Gasteiger partial charge in [-0.05, 0) is 0 Å². The first-order valence-electron chi connectivity index (χ1n) is 4.26. The van der Waals surface area contributed by atoms with Gasteiger partial charge in [-0.15, -0.1) is 5.12 Å². The zero-order valence-corrected chi connectivity index (χ0v) is 7.13. The predicted octanol–water partition coefficient (Wildman–Crippen LogP) is -2.76. The van der Waals surface area contributed by atoms with E-state index in [1.54, 1.807) is 0 Å². The van der Waals surface area contributed by atoms with E-state index in [0.29, 0.717) is 13.1 Å². The maximum Gasteiger partial charge on any atom is 0.357 e. The maximum atomic E-state index is 11.1. The minimum absolute atomic E-state index is 0.645. The van der Waals surface area contributed by atoms with Gasteiger partial charge in [-0.2, -0.15) is 0 Å². The van der Waals surface area contributed by atoms with Gasteiger partial charge in [0.2, 0.25) is 0 Å². The Morgan fingerprint density at radius 1 is 1.15 bits per heavy atom. The quantitative estimate of drug-likeness (QED) is 0.320. The number of nitrogens with zero attached hydrogens (tertiary/aromatic N) is 1. The molecule has 0 amide bonds. The standard InChI is InChI=1S/C6H13N5O2/c12-5(13)6(7-1-2-8-6)11-9-3-4-10-11/h7-10H,1-4H2,(H,12,13). The number of nitrogens with one attached hydrogen (secondary N) is 4. The Morgan fingerprint density at radius 3 is 2.15 bits per heavy atom. The summed E-state index contributed by atoms with van der Waals surface area (Å²) in [6, 6.07) is 0. The zero-order valence-electron chi connectivity index (χ0n) is 7.13. The summed E-state index contributed by atoms with van der Waals surface area (Å²) in [6.45, 7) is 2.76. The molecule has 13 heavy (non-hydrogen) atoms. The number of hydrazine groups is 2. The van der Waals surface area contributed by atoms with E-state index in [0.717, 1.165) is 13.1 Å². The van der Waals surface area contributed by atoms with Gasteiger partial charge in [0.1, 0.15) is 0 Å². The van der Waals surface area contributed by atoms with E-state index in [1.807, 2.05) is 0 Å².